The molecular formula is C26H26N6O3. The van der Waals surface area contributed by atoms with Crippen molar-refractivity contribution in [2.45, 2.75) is 32.1 Å². The second-order valence-electron chi connectivity index (χ2n) is 8.56. The van der Waals surface area contributed by atoms with E-state index in [-0.39, 0.29) is 28.8 Å². The van der Waals surface area contributed by atoms with Gasteiger partial charge in [0.25, 0.3) is 5.91 Å². The predicted molar refractivity (Wildman–Crippen MR) is 136 cm³/mol. The standard InChI is InChI=1S/C26H26N6O3/c27-24-22(26(35)28-13-12-16-6-2-1-3-7-16)23-25(31-19-9-5-4-8-18(19)30-23)32(24)29-15-17-10-11-20(33)21(34)14-17/h4-6,8-11,14-15,33-34H,1-3,7,12-13,27H2,(H,28,35)/b29-15-. The fourth-order valence-electron chi connectivity index (χ4n) is 4.29. The van der Waals surface area contributed by atoms with E-state index in [9.17, 15) is 15.0 Å². The van der Waals surface area contributed by atoms with Crippen molar-refractivity contribution in [2.24, 2.45) is 5.10 Å². The van der Waals surface area contributed by atoms with Crippen molar-refractivity contribution in [1.29, 1.82) is 0 Å². The summed E-state index contributed by atoms with van der Waals surface area (Å²) < 4.78 is 1.37. The van der Waals surface area contributed by atoms with Gasteiger partial charge in [0.15, 0.2) is 17.1 Å². The highest BCUT2D eigenvalue weighted by Gasteiger charge is 2.24. The van der Waals surface area contributed by atoms with Gasteiger partial charge in [0.2, 0.25) is 0 Å². The molecule has 2 heterocycles. The van der Waals surface area contributed by atoms with Gasteiger partial charge in [-0.05, 0) is 68.0 Å². The maximum absolute atomic E-state index is 13.2. The van der Waals surface area contributed by atoms with E-state index in [0.29, 0.717) is 34.3 Å². The number of nitrogen functional groups attached to an aromatic ring is 1. The van der Waals surface area contributed by atoms with Crippen molar-refractivity contribution in [3.63, 3.8) is 0 Å². The zero-order valence-corrected chi connectivity index (χ0v) is 19.1. The average molecular weight is 471 g/mol. The van der Waals surface area contributed by atoms with E-state index in [2.05, 4.69) is 26.5 Å². The largest absolute Gasteiger partial charge is 0.504 e. The lowest BCUT2D eigenvalue weighted by atomic mass is 9.97. The summed E-state index contributed by atoms with van der Waals surface area (Å²) in [5, 5.41) is 26.7. The second-order valence-corrected chi connectivity index (χ2v) is 8.56. The molecule has 0 aliphatic heterocycles. The van der Waals surface area contributed by atoms with Gasteiger partial charge in [-0.25, -0.2) is 9.97 Å². The molecule has 2 aromatic heterocycles. The number of carbonyl (C=O) groups excluding carboxylic acids is 1. The van der Waals surface area contributed by atoms with Crippen LogP contribution >= 0.6 is 0 Å². The first-order valence-corrected chi connectivity index (χ1v) is 11.6. The number of nitrogens with zero attached hydrogens (tertiary/aromatic N) is 4. The first kappa shape index (κ1) is 22.4. The quantitative estimate of drug-likeness (QED) is 0.190. The van der Waals surface area contributed by atoms with Crippen LogP contribution in [0.5, 0.6) is 11.5 Å². The Morgan fingerprint density at radius 3 is 2.66 bits per heavy atom. The number of nitrogens with two attached hydrogens (primary N) is 1. The van der Waals surface area contributed by atoms with Gasteiger partial charge in [0.05, 0.1) is 17.2 Å². The molecule has 0 unspecified atom stereocenters. The third-order valence-corrected chi connectivity index (χ3v) is 6.14. The molecule has 9 nitrogen and oxygen atoms in total. The number of carbonyl (C=O) groups is 1. The first-order valence-electron chi connectivity index (χ1n) is 11.6. The molecule has 1 amide bonds. The Labute approximate surface area is 201 Å². The highest BCUT2D eigenvalue weighted by atomic mass is 16.3. The van der Waals surface area contributed by atoms with E-state index in [1.165, 1.54) is 41.4 Å². The molecular weight excluding hydrogens is 444 g/mol. The number of fused-ring (bicyclic) bond motifs is 2. The third kappa shape index (κ3) is 4.52. The highest BCUT2D eigenvalue weighted by molar-refractivity contribution is 6.10. The summed E-state index contributed by atoms with van der Waals surface area (Å²) in [6, 6.07) is 11.7. The Morgan fingerprint density at radius 1 is 1.11 bits per heavy atom. The monoisotopic (exact) mass is 470 g/mol. The zero-order chi connectivity index (χ0) is 24.4. The smallest absolute Gasteiger partial charge is 0.257 e. The maximum Gasteiger partial charge on any atom is 0.257 e. The highest BCUT2D eigenvalue weighted by Crippen LogP contribution is 2.29. The summed E-state index contributed by atoms with van der Waals surface area (Å²) in [6.45, 7) is 0.508. The SMILES string of the molecule is Nc1c(C(=O)NCCC2=CCCCC2)c2nc3ccccc3nc2n1/N=C\c1ccc(O)c(O)c1. The van der Waals surface area contributed by atoms with E-state index in [1.807, 2.05) is 24.3 Å². The number of anilines is 1. The maximum atomic E-state index is 13.2. The summed E-state index contributed by atoms with van der Waals surface area (Å²) in [4.78, 5) is 22.6. The molecule has 2 aromatic carbocycles. The molecule has 1 aliphatic carbocycles. The fraction of sp³-hybridized carbons (Fsp3) is 0.231. The minimum atomic E-state index is -0.329. The Morgan fingerprint density at radius 2 is 1.91 bits per heavy atom. The van der Waals surface area contributed by atoms with E-state index >= 15 is 0 Å². The van der Waals surface area contributed by atoms with Gasteiger partial charge >= 0.3 is 0 Å². The van der Waals surface area contributed by atoms with Gasteiger partial charge in [-0.1, -0.05) is 23.8 Å². The lowest BCUT2D eigenvalue weighted by Gasteiger charge is -2.12. The number of para-hydroxylation sites is 2. The Hall–Kier alpha value is -4.40. The van der Waals surface area contributed by atoms with Gasteiger partial charge in [-0.15, -0.1) is 0 Å². The number of allylic oxidation sites excluding steroid dienone is 1. The summed E-state index contributed by atoms with van der Waals surface area (Å²) in [7, 11) is 0. The number of phenols is 2. The van der Waals surface area contributed by atoms with Crippen LogP contribution in [0, 0.1) is 0 Å². The van der Waals surface area contributed by atoms with Gasteiger partial charge in [-0.3, -0.25) is 4.79 Å². The number of aromatic hydroxyl groups is 2. The molecule has 0 saturated carbocycles. The van der Waals surface area contributed by atoms with Gasteiger partial charge in [0.1, 0.15) is 16.9 Å². The Bertz CT molecular complexity index is 1490. The molecule has 0 bridgehead atoms. The molecule has 0 radical (unpaired) electrons. The number of amides is 1. The molecule has 0 saturated heterocycles. The van der Waals surface area contributed by atoms with E-state index in [0.717, 1.165) is 19.3 Å². The van der Waals surface area contributed by atoms with Crippen LogP contribution in [-0.2, 0) is 0 Å². The number of hydrogen-bond acceptors (Lipinski definition) is 7. The fourth-order valence-corrected chi connectivity index (χ4v) is 4.29. The van der Waals surface area contributed by atoms with E-state index in [1.54, 1.807) is 6.07 Å². The summed E-state index contributed by atoms with van der Waals surface area (Å²) in [6.07, 6.45) is 9.13. The predicted octanol–water partition coefficient (Wildman–Crippen LogP) is 4.08. The summed E-state index contributed by atoms with van der Waals surface area (Å²) >= 11 is 0. The van der Waals surface area contributed by atoms with Crippen molar-refractivity contribution in [1.82, 2.24) is 20.0 Å². The molecule has 9 heteroatoms. The van der Waals surface area contributed by atoms with Crippen molar-refractivity contribution >= 4 is 40.1 Å². The molecule has 0 spiro atoms. The minimum Gasteiger partial charge on any atom is -0.504 e. The minimum absolute atomic E-state index is 0.115. The zero-order valence-electron chi connectivity index (χ0n) is 19.1. The van der Waals surface area contributed by atoms with Crippen LogP contribution in [0.15, 0.2) is 59.2 Å². The third-order valence-electron chi connectivity index (χ3n) is 6.14. The Kier molecular flexibility index (Phi) is 6.05. The van der Waals surface area contributed by atoms with Crippen LogP contribution in [0.2, 0.25) is 0 Å². The number of benzene rings is 2. The lowest BCUT2D eigenvalue weighted by Crippen LogP contribution is -2.25. The molecule has 178 valence electrons. The topological polar surface area (TPSA) is 139 Å². The normalized spacial score (nSPS) is 14.0. The first-order chi connectivity index (χ1) is 17.0. The molecule has 1 aliphatic rings. The molecule has 0 atom stereocenters. The summed E-state index contributed by atoms with van der Waals surface area (Å²) in [5.74, 6) is -0.708. The number of hydrogen-bond donors (Lipinski definition) is 4. The number of rotatable bonds is 6. The average Bonchev–Trinajstić information content (AvgIpc) is 3.14. The van der Waals surface area contributed by atoms with Gasteiger partial charge in [0, 0.05) is 6.54 Å². The Balaban J connectivity index is 1.52. The van der Waals surface area contributed by atoms with Crippen molar-refractivity contribution in [3.05, 3.63) is 65.2 Å². The number of phenolic OH excluding ortho intramolecular Hbond substituents is 2. The van der Waals surface area contributed by atoms with Crippen molar-refractivity contribution < 1.29 is 15.0 Å². The van der Waals surface area contributed by atoms with Crippen molar-refractivity contribution in [3.8, 4) is 11.5 Å². The molecule has 0 fully saturated rings. The molecule has 35 heavy (non-hydrogen) atoms. The van der Waals surface area contributed by atoms with Crippen LogP contribution < -0.4 is 11.1 Å². The van der Waals surface area contributed by atoms with Crippen LogP contribution in [0.4, 0.5) is 5.82 Å². The van der Waals surface area contributed by atoms with Gasteiger partial charge < -0.3 is 21.3 Å². The van der Waals surface area contributed by atoms with E-state index < -0.39 is 0 Å². The van der Waals surface area contributed by atoms with Crippen LogP contribution in [0.1, 0.15) is 48.0 Å². The van der Waals surface area contributed by atoms with Crippen molar-refractivity contribution in [2.75, 3.05) is 12.3 Å². The molecule has 5 rings (SSSR count). The van der Waals surface area contributed by atoms with Crippen LogP contribution in [0.25, 0.3) is 22.2 Å². The second kappa shape index (κ2) is 9.46. The number of nitrogens with one attached hydrogen (secondary N) is 1. The van der Waals surface area contributed by atoms with Crippen LogP contribution in [-0.4, -0.2) is 43.5 Å². The van der Waals surface area contributed by atoms with Crippen LogP contribution in [0.3, 0.4) is 0 Å². The molecule has 4 aromatic rings. The number of aromatic nitrogens is 3. The lowest BCUT2D eigenvalue weighted by molar-refractivity contribution is 0.0956. The van der Waals surface area contributed by atoms with E-state index in [4.69, 9.17) is 5.73 Å². The molecule has 5 N–H and O–H groups in total. The van der Waals surface area contributed by atoms with Gasteiger partial charge in [-0.2, -0.15) is 9.78 Å². The summed E-state index contributed by atoms with van der Waals surface area (Å²) in [5.41, 5.74) is 10.5.